The Morgan fingerprint density at radius 3 is 2.94 bits per heavy atom. The third kappa shape index (κ3) is 2.94. The largest absolute Gasteiger partial charge is 0.380 e. The van der Waals surface area contributed by atoms with Crippen LogP contribution in [0.25, 0.3) is 0 Å². The van der Waals surface area contributed by atoms with Crippen molar-refractivity contribution in [2.75, 3.05) is 5.32 Å². The molecule has 1 aliphatic carbocycles. The first-order valence-corrected chi connectivity index (χ1v) is 7.43. The maximum Gasteiger partial charge on any atom is 0.283 e. The average Bonchev–Trinajstić information content (AvgIpc) is 2.75. The number of rotatable bonds is 4. The zero-order valence-electron chi connectivity index (χ0n) is 10.9. The Kier molecular flexibility index (Phi) is 4.43. The first kappa shape index (κ1) is 13.6. The van der Waals surface area contributed by atoms with E-state index in [0.717, 1.165) is 18.0 Å². The van der Waals surface area contributed by atoms with E-state index in [9.17, 15) is 4.79 Å². The van der Waals surface area contributed by atoms with Crippen molar-refractivity contribution >= 4 is 21.6 Å². The van der Waals surface area contributed by atoms with E-state index in [-0.39, 0.29) is 5.56 Å². The summed E-state index contributed by atoms with van der Waals surface area (Å²) in [6, 6.07) is 0.472. The van der Waals surface area contributed by atoms with Gasteiger partial charge in [-0.05, 0) is 47.5 Å². The average molecular weight is 314 g/mol. The van der Waals surface area contributed by atoms with Gasteiger partial charge >= 0.3 is 0 Å². The topological polar surface area (TPSA) is 46.9 Å². The van der Waals surface area contributed by atoms with Crippen molar-refractivity contribution in [2.24, 2.45) is 5.92 Å². The van der Waals surface area contributed by atoms with Gasteiger partial charge in [-0.15, -0.1) is 0 Å². The van der Waals surface area contributed by atoms with Crippen molar-refractivity contribution < 1.29 is 0 Å². The molecule has 2 rings (SSSR count). The van der Waals surface area contributed by atoms with Crippen LogP contribution in [0.15, 0.2) is 15.5 Å². The first-order chi connectivity index (χ1) is 8.61. The molecule has 0 bridgehead atoms. The van der Waals surface area contributed by atoms with Gasteiger partial charge in [-0.3, -0.25) is 4.79 Å². The molecule has 1 saturated carbocycles. The Labute approximate surface area is 116 Å². The molecule has 1 fully saturated rings. The van der Waals surface area contributed by atoms with Crippen molar-refractivity contribution in [3.05, 3.63) is 21.0 Å². The molecule has 0 radical (unpaired) electrons. The smallest absolute Gasteiger partial charge is 0.283 e. The summed E-state index contributed by atoms with van der Waals surface area (Å²) in [5.74, 6) is 0.773. The van der Waals surface area contributed by atoms with E-state index in [0.29, 0.717) is 17.1 Å². The van der Waals surface area contributed by atoms with E-state index >= 15 is 0 Å². The van der Waals surface area contributed by atoms with E-state index in [4.69, 9.17) is 0 Å². The van der Waals surface area contributed by atoms with Crippen LogP contribution in [-0.4, -0.2) is 15.8 Å². The van der Waals surface area contributed by atoms with E-state index in [1.54, 1.807) is 6.20 Å². The number of aromatic nitrogens is 2. The molecule has 1 aromatic rings. The number of halogens is 1. The number of hydrogen-bond acceptors (Lipinski definition) is 3. The zero-order valence-corrected chi connectivity index (χ0v) is 12.5. The minimum absolute atomic E-state index is 0.0482. The molecule has 1 aliphatic rings. The Hall–Kier alpha value is -0.840. The highest BCUT2D eigenvalue weighted by Crippen LogP contribution is 2.28. The van der Waals surface area contributed by atoms with Gasteiger partial charge in [0.15, 0.2) is 0 Å². The van der Waals surface area contributed by atoms with Gasteiger partial charge in [-0.1, -0.05) is 13.8 Å². The van der Waals surface area contributed by atoms with Crippen LogP contribution in [0.2, 0.25) is 0 Å². The fourth-order valence-corrected chi connectivity index (χ4v) is 2.92. The molecule has 4 nitrogen and oxygen atoms in total. The quantitative estimate of drug-likeness (QED) is 0.929. The van der Waals surface area contributed by atoms with Crippen LogP contribution in [-0.2, 0) is 6.54 Å². The summed E-state index contributed by atoms with van der Waals surface area (Å²) in [6.45, 7) is 4.97. The molecule has 0 spiro atoms. The molecule has 1 heterocycles. The molecular formula is C13H20BrN3O. The predicted octanol–water partition coefficient (Wildman–Crippen LogP) is 3.02. The van der Waals surface area contributed by atoms with E-state index < -0.39 is 0 Å². The lowest BCUT2D eigenvalue weighted by molar-refractivity contribution is 0.564. The molecule has 2 unspecified atom stereocenters. The van der Waals surface area contributed by atoms with Crippen molar-refractivity contribution in [2.45, 2.75) is 52.1 Å². The second-order valence-corrected chi connectivity index (χ2v) is 5.95. The second kappa shape index (κ2) is 5.87. The summed E-state index contributed by atoms with van der Waals surface area (Å²) in [5.41, 5.74) is 0.777. The monoisotopic (exact) mass is 313 g/mol. The van der Waals surface area contributed by atoms with Crippen LogP contribution in [0.1, 0.15) is 39.5 Å². The van der Waals surface area contributed by atoms with Crippen LogP contribution in [0.4, 0.5) is 5.69 Å². The Morgan fingerprint density at radius 1 is 1.56 bits per heavy atom. The van der Waals surface area contributed by atoms with Crippen LogP contribution < -0.4 is 10.9 Å². The lowest BCUT2D eigenvalue weighted by Crippen LogP contribution is -2.26. The van der Waals surface area contributed by atoms with E-state index in [2.05, 4.69) is 33.3 Å². The Balaban J connectivity index is 2.14. The molecule has 2 atom stereocenters. The highest BCUT2D eigenvalue weighted by atomic mass is 79.9. The Bertz CT molecular complexity index is 472. The number of anilines is 1. The minimum atomic E-state index is -0.0482. The molecule has 5 heteroatoms. The van der Waals surface area contributed by atoms with Crippen LogP contribution in [0.5, 0.6) is 0 Å². The molecule has 0 aromatic carbocycles. The summed E-state index contributed by atoms with van der Waals surface area (Å²) in [4.78, 5) is 12.0. The Morgan fingerprint density at radius 2 is 2.33 bits per heavy atom. The van der Waals surface area contributed by atoms with Gasteiger partial charge < -0.3 is 5.32 Å². The molecule has 100 valence electrons. The van der Waals surface area contributed by atoms with Gasteiger partial charge in [0.2, 0.25) is 0 Å². The molecule has 0 aliphatic heterocycles. The minimum Gasteiger partial charge on any atom is -0.380 e. The van der Waals surface area contributed by atoms with Crippen molar-refractivity contribution in [3.63, 3.8) is 0 Å². The zero-order chi connectivity index (χ0) is 13.1. The van der Waals surface area contributed by atoms with Crippen LogP contribution in [0.3, 0.4) is 0 Å². The first-order valence-electron chi connectivity index (χ1n) is 6.64. The van der Waals surface area contributed by atoms with Gasteiger partial charge in [0.25, 0.3) is 5.56 Å². The molecular weight excluding hydrogens is 294 g/mol. The number of nitrogens with zero attached hydrogens (tertiary/aromatic N) is 2. The third-order valence-electron chi connectivity index (χ3n) is 3.47. The van der Waals surface area contributed by atoms with Gasteiger partial charge in [0.1, 0.15) is 4.47 Å². The van der Waals surface area contributed by atoms with Crippen molar-refractivity contribution in [1.82, 2.24) is 9.78 Å². The van der Waals surface area contributed by atoms with Gasteiger partial charge in [-0.2, -0.15) is 5.10 Å². The summed E-state index contributed by atoms with van der Waals surface area (Å²) >= 11 is 3.39. The molecule has 1 aromatic heterocycles. The standard InChI is InChI=1S/C13H20BrN3O/c1-3-6-17-13(18)12(14)11(8-15-17)16-10-5-4-9(2)7-10/h8-10,16H,3-7H2,1-2H3. The second-order valence-electron chi connectivity index (χ2n) is 5.16. The van der Waals surface area contributed by atoms with E-state index in [1.807, 2.05) is 6.92 Å². The fraction of sp³-hybridized carbons (Fsp3) is 0.692. The molecule has 1 N–H and O–H groups in total. The summed E-state index contributed by atoms with van der Waals surface area (Å²) in [5, 5.41) is 7.63. The maximum absolute atomic E-state index is 12.0. The number of aryl methyl sites for hydroxylation is 1. The number of nitrogens with one attached hydrogen (secondary N) is 1. The molecule has 0 saturated heterocycles. The highest BCUT2D eigenvalue weighted by molar-refractivity contribution is 9.10. The van der Waals surface area contributed by atoms with Gasteiger partial charge in [0.05, 0.1) is 11.9 Å². The molecule has 18 heavy (non-hydrogen) atoms. The number of hydrogen-bond donors (Lipinski definition) is 1. The van der Waals surface area contributed by atoms with Crippen LogP contribution in [0, 0.1) is 5.92 Å². The summed E-state index contributed by atoms with van der Waals surface area (Å²) in [6.07, 6.45) is 6.27. The lowest BCUT2D eigenvalue weighted by atomic mass is 10.1. The summed E-state index contributed by atoms with van der Waals surface area (Å²) < 4.78 is 2.11. The third-order valence-corrected chi connectivity index (χ3v) is 4.24. The van der Waals surface area contributed by atoms with Gasteiger partial charge in [0, 0.05) is 12.6 Å². The van der Waals surface area contributed by atoms with Crippen LogP contribution >= 0.6 is 15.9 Å². The maximum atomic E-state index is 12.0. The lowest BCUT2D eigenvalue weighted by Gasteiger charge is -2.15. The van der Waals surface area contributed by atoms with Crippen molar-refractivity contribution in [3.8, 4) is 0 Å². The normalized spacial score (nSPS) is 23.3. The van der Waals surface area contributed by atoms with Crippen molar-refractivity contribution in [1.29, 1.82) is 0 Å². The van der Waals surface area contributed by atoms with Gasteiger partial charge in [-0.25, -0.2) is 4.68 Å². The fourth-order valence-electron chi connectivity index (χ4n) is 2.49. The highest BCUT2D eigenvalue weighted by Gasteiger charge is 2.22. The SMILES string of the molecule is CCCn1ncc(NC2CCC(C)C2)c(Br)c1=O. The summed E-state index contributed by atoms with van der Waals surface area (Å²) in [7, 11) is 0. The van der Waals surface area contributed by atoms with E-state index in [1.165, 1.54) is 23.9 Å². The predicted molar refractivity (Wildman–Crippen MR) is 76.9 cm³/mol. The molecule has 0 amide bonds.